The normalized spacial score (nSPS) is 11.6. The van der Waals surface area contributed by atoms with Crippen LogP contribution in [0.5, 0.6) is 5.75 Å². The molecule has 0 radical (unpaired) electrons. The van der Waals surface area contributed by atoms with Crippen molar-refractivity contribution in [1.29, 1.82) is 0 Å². The molecule has 5 nitrogen and oxygen atoms in total. The Balaban J connectivity index is 1.51. The van der Waals surface area contributed by atoms with E-state index in [9.17, 15) is 0 Å². The summed E-state index contributed by atoms with van der Waals surface area (Å²) >= 11 is 6.11. The fourth-order valence-electron chi connectivity index (χ4n) is 2.82. The van der Waals surface area contributed by atoms with Gasteiger partial charge in [-0.15, -0.1) is 0 Å². The summed E-state index contributed by atoms with van der Waals surface area (Å²) in [6.07, 6.45) is 2.92. The molecule has 2 aromatic carbocycles. The number of guanidine groups is 1. The Morgan fingerprint density at radius 2 is 1.96 bits per heavy atom. The molecule has 0 aliphatic heterocycles. The summed E-state index contributed by atoms with van der Waals surface area (Å²) in [6.45, 7) is 1.48. The molecule has 0 fully saturated rings. The first-order valence-electron chi connectivity index (χ1n) is 8.52. The Labute approximate surface area is 158 Å². The van der Waals surface area contributed by atoms with Crippen LogP contribution in [0.1, 0.15) is 11.1 Å². The highest BCUT2D eigenvalue weighted by atomic mass is 35.5. The van der Waals surface area contributed by atoms with Gasteiger partial charge in [-0.25, -0.2) is 0 Å². The number of methoxy groups -OCH3 is 1. The van der Waals surface area contributed by atoms with Crippen LogP contribution in [0.15, 0.2) is 53.7 Å². The molecule has 3 rings (SSSR count). The van der Waals surface area contributed by atoms with E-state index in [0.717, 1.165) is 35.2 Å². The first kappa shape index (κ1) is 18.1. The minimum absolute atomic E-state index is 0.701. The third-order valence-electron chi connectivity index (χ3n) is 4.26. The lowest BCUT2D eigenvalue weighted by atomic mass is 10.1. The molecule has 0 spiro atoms. The fourth-order valence-corrected chi connectivity index (χ4v) is 2.99. The number of aromatic nitrogens is 1. The molecule has 136 valence electrons. The predicted octanol–water partition coefficient (Wildman–Crippen LogP) is 3.74. The molecule has 3 N–H and O–H groups in total. The largest absolute Gasteiger partial charge is 0.497 e. The molecule has 0 unspecified atom stereocenters. The van der Waals surface area contributed by atoms with E-state index in [-0.39, 0.29) is 0 Å². The number of hydrogen-bond acceptors (Lipinski definition) is 2. The zero-order chi connectivity index (χ0) is 18.4. The maximum Gasteiger partial charge on any atom is 0.191 e. The van der Waals surface area contributed by atoms with Gasteiger partial charge in [0.05, 0.1) is 7.11 Å². The summed E-state index contributed by atoms with van der Waals surface area (Å²) < 4.78 is 5.18. The van der Waals surface area contributed by atoms with Crippen molar-refractivity contribution in [3.05, 3.63) is 64.8 Å². The van der Waals surface area contributed by atoms with E-state index in [4.69, 9.17) is 16.3 Å². The van der Waals surface area contributed by atoms with E-state index in [1.165, 1.54) is 16.5 Å². The van der Waals surface area contributed by atoms with Crippen LogP contribution in [-0.4, -0.2) is 31.6 Å². The van der Waals surface area contributed by atoms with Gasteiger partial charge >= 0.3 is 0 Å². The number of fused-ring (bicyclic) bond motifs is 1. The summed E-state index contributed by atoms with van der Waals surface area (Å²) in [5.41, 5.74) is 3.51. The smallest absolute Gasteiger partial charge is 0.191 e. The lowest BCUT2D eigenvalue weighted by molar-refractivity contribution is 0.414. The van der Waals surface area contributed by atoms with E-state index in [1.54, 1.807) is 14.2 Å². The van der Waals surface area contributed by atoms with Crippen LogP contribution in [0.3, 0.4) is 0 Å². The van der Waals surface area contributed by atoms with Crippen molar-refractivity contribution in [3.8, 4) is 5.75 Å². The first-order chi connectivity index (χ1) is 12.7. The lowest BCUT2D eigenvalue weighted by Crippen LogP contribution is -2.37. The molecule has 0 saturated heterocycles. The van der Waals surface area contributed by atoms with Crippen molar-refractivity contribution in [2.45, 2.75) is 13.0 Å². The van der Waals surface area contributed by atoms with Crippen molar-refractivity contribution < 1.29 is 4.74 Å². The summed E-state index contributed by atoms with van der Waals surface area (Å²) in [7, 11) is 3.44. The lowest BCUT2D eigenvalue weighted by Gasteiger charge is -2.12. The highest BCUT2D eigenvalue weighted by Gasteiger charge is 2.05. The van der Waals surface area contributed by atoms with Crippen molar-refractivity contribution in [2.24, 2.45) is 4.99 Å². The van der Waals surface area contributed by atoms with E-state index in [0.29, 0.717) is 6.54 Å². The molecule has 26 heavy (non-hydrogen) atoms. The number of H-pyrrole nitrogens is 1. The van der Waals surface area contributed by atoms with E-state index in [1.807, 2.05) is 48.7 Å². The van der Waals surface area contributed by atoms with Gasteiger partial charge in [0.15, 0.2) is 5.96 Å². The quantitative estimate of drug-likeness (QED) is 0.457. The van der Waals surface area contributed by atoms with E-state index >= 15 is 0 Å². The average Bonchev–Trinajstić information content (AvgIpc) is 3.07. The maximum absolute atomic E-state index is 6.11. The fraction of sp³-hybridized carbons (Fsp3) is 0.250. The first-order valence-corrected chi connectivity index (χ1v) is 8.90. The van der Waals surface area contributed by atoms with Gasteiger partial charge < -0.3 is 20.4 Å². The highest BCUT2D eigenvalue weighted by Crippen LogP contribution is 2.22. The van der Waals surface area contributed by atoms with Gasteiger partial charge in [0.1, 0.15) is 5.75 Å². The Kier molecular flexibility index (Phi) is 6.02. The van der Waals surface area contributed by atoms with Crippen LogP contribution in [-0.2, 0) is 13.0 Å². The monoisotopic (exact) mass is 370 g/mol. The molecule has 3 aromatic rings. The molecule has 0 atom stereocenters. The molecule has 0 saturated carbocycles. The number of ether oxygens (including phenoxy) is 1. The number of aromatic amines is 1. The van der Waals surface area contributed by atoms with Gasteiger partial charge in [0, 0.05) is 42.3 Å². The SMILES string of the molecule is CN=C(NCCc1c[nH]c2ccc(Cl)cc12)NCc1ccc(OC)cc1. The van der Waals surface area contributed by atoms with Gasteiger partial charge in [0.25, 0.3) is 0 Å². The molecule has 0 amide bonds. The van der Waals surface area contributed by atoms with E-state index in [2.05, 4.69) is 20.6 Å². The third kappa shape index (κ3) is 4.49. The molecule has 6 heteroatoms. The van der Waals surface area contributed by atoms with Gasteiger partial charge in [-0.2, -0.15) is 0 Å². The second kappa shape index (κ2) is 8.63. The Hall–Kier alpha value is -2.66. The summed E-state index contributed by atoms with van der Waals surface area (Å²) in [5, 5.41) is 8.59. The zero-order valence-corrected chi connectivity index (χ0v) is 15.7. The van der Waals surface area contributed by atoms with E-state index < -0.39 is 0 Å². The maximum atomic E-state index is 6.11. The summed E-state index contributed by atoms with van der Waals surface area (Å²) in [5.74, 6) is 1.63. The Morgan fingerprint density at radius 3 is 2.69 bits per heavy atom. The number of benzene rings is 2. The van der Waals surface area contributed by atoms with Gasteiger partial charge in [-0.3, -0.25) is 4.99 Å². The topological polar surface area (TPSA) is 61.4 Å². The van der Waals surface area contributed by atoms with Gasteiger partial charge in [-0.05, 0) is 47.9 Å². The van der Waals surface area contributed by atoms with Crippen LogP contribution in [0.4, 0.5) is 0 Å². The van der Waals surface area contributed by atoms with Crippen molar-refractivity contribution in [3.63, 3.8) is 0 Å². The van der Waals surface area contributed by atoms with Gasteiger partial charge in [0.2, 0.25) is 0 Å². The van der Waals surface area contributed by atoms with Crippen LogP contribution in [0.2, 0.25) is 5.02 Å². The number of halogens is 1. The highest BCUT2D eigenvalue weighted by molar-refractivity contribution is 6.31. The Bertz CT molecular complexity index is 886. The third-order valence-corrected chi connectivity index (χ3v) is 4.49. The van der Waals surface area contributed by atoms with Crippen molar-refractivity contribution in [1.82, 2.24) is 15.6 Å². The molecule has 0 aliphatic carbocycles. The number of nitrogens with zero attached hydrogens (tertiary/aromatic N) is 1. The minimum Gasteiger partial charge on any atom is -0.497 e. The minimum atomic E-state index is 0.701. The predicted molar refractivity (Wildman–Crippen MR) is 108 cm³/mol. The summed E-state index contributed by atoms with van der Waals surface area (Å²) in [4.78, 5) is 7.55. The van der Waals surface area contributed by atoms with Crippen LogP contribution >= 0.6 is 11.6 Å². The number of hydrogen-bond donors (Lipinski definition) is 3. The molecule has 0 bridgehead atoms. The number of aliphatic imine (C=N–C) groups is 1. The molecular weight excluding hydrogens is 348 g/mol. The Morgan fingerprint density at radius 1 is 1.15 bits per heavy atom. The second-order valence-electron chi connectivity index (χ2n) is 5.95. The molecule has 0 aliphatic rings. The molecule has 1 heterocycles. The van der Waals surface area contributed by atoms with Crippen LogP contribution in [0, 0.1) is 0 Å². The molecule has 1 aromatic heterocycles. The number of nitrogens with one attached hydrogen (secondary N) is 3. The van der Waals surface area contributed by atoms with Crippen LogP contribution < -0.4 is 15.4 Å². The standard InChI is InChI=1S/C20H23ClN4O/c1-22-20(25-12-14-3-6-17(26-2)7-4-14)23-10-9-15-13-24-19-8-5-16(21)11-18(15)19/h3-8,11,13,24H,9-10,12H2,1-2H3,(H2,22,23,25). The zero-order valence-electron chi connectivity index (χ0n) is 15.0. The second-order valence-corrected chi connectivity index (χ2v) is 6.39. The number of rotatable bonds is 6. The average molecular weight is 371 g/mol. The summed E-state index contributed by atoms with van der Waals surface area (Å²) in [6, 6.07) is 13.9. The van der Waals surface area contributed by atoms with Crippen LogP contribution in [0.25, 0.3) is 10.9 Å². The van der Waals surface area contributed by atoms with Crippen molar-refractivity contribution in [2.75, 3.05) is 20.7 Å². The molecular formula is C20H23ClN4O. The van der Waals surface area contributed by atoms with Gasteiger partial charge in [-0.1, -0.05) is 23.7 Å². The van der Waals surface area contributed by atoms with Crippen molar-refractivity contribution >= 4 is 28.5 Å².